The summed E-state index contributed by atoms with van der Waals surface area (Å²) in [5.74, 6) is 0.00332. The molecule has 0 amide bonds. The van der Waals surface area contributed by atoms with Gasteiger partial charge >= 0.3 is 5.97 Å². The molecule has 0 aromatic carbocycles. The molecule has 1 aromatic heterocycles. The van der Waals surface area contributed by atoms with Crippen LogP contribution >= 0.6 is 0 Å². The van der Waals surface area contributed by atoms with Crippen LogP contribution in [0.4, 0.5) is 0 Å². The van der Waals surface area contributed by atoms with Crippen LogP contribution in [0.2, 0.25) is 0 Å². The first kappa shape index (κ1) is 8.25. The number of carboxylic acid groups (broad SMARTS) is 1. The predicted octanol–water partition coefficient (Wildman–Crippen LogP) is 0.0301. The smallest absolute Gasteiger partial charge is 0.303 e. The third-order valence-electron chi connectivity index (χ3n) is 2.08. The summed E-state index contributed by atoms with van der Waals surface area (Å²) in [7, 11) is 0. The normalized spacial score (nSPS) is 14.5. The molecule has 2 rings (SSSR count). The number of aliphatic carboxylic acids is 1. The van der Waals surface area contributed by atoms with Gasteiger partial charge in [0.15, 0.2) is 0 Å². The molecule has 0 saturated heterocycles. The average Bonchev–Trinajstić information content (AvgIpc) is 2.58. The van der Waals surface area contributed by atoms with Crippen LogP contribution < -0.4 is 5.32 Å². The topological polar surface area (TPSA) is 78.0 Å². The summed E-state index contributed by atoms with van der Waals surface area (Å²) in [6.07, 6.45) is 0.627. The number of hydrogen-bond acceptors (Lipinski definition) is 3. The zero-order valence-corrected chi connectivity index (χ0v) is 7.13. The van der Waals surface area contributed by atoms with Crippen molar-refractivity contribution in [2.75, 3.05) is 0 Å². The second-order valence-corrected chi connectivity index (χ2v) is 3.11. The number of nitrogens with one attached hydrogen (secondary N) is 2. The summed E-state index contributed by atoms with van der Waals surface area (Å²) >= 11 is 0. The van der Waals surface area contributed by atoms with Gasteiger partial charge in [-0.05, 0) is 0 Å². The van der Waals surface area contributed by atoms with Gasteiger partial charge in [0, 0.05) is 19.5 Å². The minimum absolute atomic E-state index is 0.139. The Bertz CT molecular complexity index is 311. The average molecular weight is 181 g/mol. The van der Waals surface area contributed by atoms with Gasteiger partial charge in [-0.2, -0.15) is 0 Å². The Hall–Kier alpha value is -1.36. The number of aromatic nitrogens is 2. The summed E-state index contributed by atoms with van der Waals surface area (Å²) in [4.78, 5) is 17.7. The Kier molecular flexibility index (Phi) is 2.02. The van der Waals surface area contributed by atoms with Crippen molar-refractivity contribution in [3.63, 3.8) is 0 Å². The molecular weight excluding hydrogens is 170 g/mol. The van der Waals surface area contributed by atoms with Crippen LogP contribution in [0.5, 0.6) is 0 Å². The van der Waals surface area contributed by atoms with Crippen LogP contribution in [-0.2, 0) is 24.3 Å². The molecule has 0 bridgehead atoms. The number of carboxylic acids is 1. The van der Waals surface area contributed by atoms with Gasteiger partial charge in [-0.3, -0.25) is 4.79 Å². The van der Waals surface area contributed by atoms with Crippen LogP contribution in [0, 0.1) is 0 Å². The lowest BCUT2D eigenvalue weighted by Crippen LogP contribution is -2.04. The van der Waals surface area contributed by atoms with Crippen molar-refractivity contribution in [3.8, 4) is 0 Å². The van der Waals surface area contributed by atoms with Crippen LogP contribution in [0.1, 0.15) is 23.6 Å². The lowest BCUT2D eigenvalue weighted by atomic mass is 10.3. The highest BCUT2D eigenvalue weighted by Crippen LogP contribution is 2.12. The quantitative estimate of drug-likeness (QED) is 0.614. The second kappa shape index (κ2) is 3.18. The number of aromatic amines is 1. The lowest BCUT2D eigenvalue weighted by molar-refractivity contribution is -0.137. The minimum Gasteiger partial charge on any atom is -0.481 e. The van der Waals surface area contributed by atoms with E-state index < -0.39 is 5.97 Å². The number of fused-ring (bicyclic) bond motifs is 1. The van der Waals surface area contributed by atoms with E-state index in [1.54, 1.807) is 0 Å². The standard InChI is InChI=1S/C8H11N3O2/c12-8(13)2-1-7-10-5-3-9-4-6(5)11-7/h9H,1-4H2,(H,10,11)(H,12,13). The van der Waals surface area contributed by atoms with E-state index in [9.17, 15) is 4.79 Å². The van der Waals surface area contributed by atoms with Crippen molar-refractivity contribution in [2.24, 2.45) is 0 Å². The molecule has 0 saturated carbocycles. The van der Waals surface area contributed by atoms with Gasteiger partial charge in [-0.15, -0.1) is 0 Å². The summed E-state index contributed by atoms with van der Waals surface area (Å²) in [6, 6.07) is 0. The van der Waals surface area contributed by atoms with E-state index >= 15 is 0 Å². The van der Waals surface area contributed by atoms with Crippen LogP contribution in [0.3, 0.4) is 0 Å². The molecule has 0 aliphatic carbocycles. The number of imidazole rings is 1. The van der Waals surface area contributed by atoms with Gasteiger partial charge < -0.3 is 15.4 Å². The predicted molar refractivity (Wildman–Crippen MR) is 45.1 cm³/mol. The third kappa shape index (κ3) is 1.70. The summed E-state index contributed by atoms with van der Waals surface area (Å²) in [5.41, 5.74) is 2.13. The Balaban J connectivity index is 2.02. The number of H-pyrrole nitrogens is 1. The van der Waals surface area contributed by atoms with E-state index in [2.05, 4.69) is 15.3 Å². The Morgan fingerprint density at radius 3 is 3.08 bits per heavy atom. The molecule has 0 fully saturated rings. The highest BCUT2D eigenvalue weighted by atomic mass is 16.4. The second-order valence-electron chi connectivity index (χ2n) is 3.11. The zero-order chi connectivity index (χ0) is 9.26. The molecule has 70 valence electrons. The van der Waals surface area contributed by atoms with Crippen molar-refractivity contribution in [1.29, 1.82) is 0 Å². The molecular formula is C8H11N3O2. The highest BCUT2D eigenvalue weighted by Gasteiger charge is 2.15. The molecule has 5 nitrogen and oxygen atoms in total. The third-order valence-corrected chi connectivity index (χ3v) is 2.08. The summed E-state index contributed by atoms with van der Waals surface area (Å²) in [6.45, 7) is 1.61. The molecule has 5 heteroatoms. The molecule has 1 aliphatic rings. The molecule has 0 unspecified atom stereocenters. The first-order chi connectivity index (χ1) is 6.25. The van der Waals surface area contributed by atoms with E-state index in [0.29, 0.717) is 6.42 Å². The fourth-order valence-electron chi connectivity index (χ4n) is 1.45. The van der Waals surface area contributed by atoms with Crippen LogP contribution in [0.25, 0.3) is 0 Å². The first-order valence-corrected chi connectivity index (χ1v) is 4.25. The van der Waals surface area contributed by atoms with Crippen LogP contribution in [-0.4, -0.2) is 21.0 Å². The van der Waals surface area contributed by atoms with E-state index in [4.69, 9.17) is 5.11 Å². The van der Waals surface area contributed by atoms with Gasteiger partial charge in [0.05, 0.1) is 17.8 Å². The van der Waals surface area contributed by atoms with Crippen molar-refractivity contribution in [2.45, 2.75) is 25.9 Å². The summed E-state index contributed by atoms with van der Waals surface area (Å²) < 4.78 is 0. The van der Waals surface area contributed by atoms with Crippen molar-refractivity contribution >= 4 is 5.97 Å². The Labute approximate surface area is 75.2 Å². The molecule has 3 N–H and O–H groups in total. The van der Waals surface area contributed by atoms with Crippen molar-refractivity contribution in [3.05, 3.63) is 17.2 Å². The van der Waals surface area contributed by atoms with Gasteiger partial charge in [0.2, 0.25) is 0 Å². The molecule has 1 aliphatic heterocycles. The van der Waals surface area contributed by atoms with E-state index in [1.807, 2.05) is 0 Å². The Morgan fingerprint density at radius 2 is 2.38 bits per heavy atom. The first-order valence-electron chi connectivity index (χ1n) is 4.25. The molecule has 0 radical (unpaired) electrons. The van der Waals surface area contributed by atoms with Crippen molar-refractivity contribution < 1.29 is 9.90 Å². The minimum atomic E-state index is -0.783. The fourth-order valence-corrected chi connectivity index (χ4v) is 1.45. The number of rotatable bonds is 3. The number of aryl methyl sites for hydroxylation is 1. The van der Waals surface area contributed by atoms with Crippen LogP contribution in [0.15, 0.2) is 0 Å². The van der Waals surface area contributed by atoms with Gasteiger partial charge in [0.25, 0.3) is 0 Å². The van der Waals surface area contributed by atoms with E-state index in [1.165, 1.54) is 0 Å². The highest BCUT2D eigenvalue weighted by molar-refractivity contribution is 5.66. The maximum atomic E-state index is 10.3. The largest absolute Gasteiger partial charge is 0.481 e. The van der Waals surface area contributed by atoms with Crippen molar-refractivity contribution in [1.82, 2.24) is 15.3 Å². The van der Waals surface area contributed by atoms with E-state index in [0.717, 1.165) is 30.3 Å². The van der Waals surface area contributed by atoms with Gasteiger partial charge in [-0.25, -0.2) is 4.98 Å². The molecule has 2 heterocycles. The molecule has 1 aromatic rings. The number of hydrogen-bond donors (Lipinski definition) is 3. The maximum absolute atomic E-state index is 10.3. The monoisotopic (exact) mass is 181 g/mol. The van der Waals surface area contributed by atoms with Gasteiger partial charge in [0.1, 0.15) is 5.82 Å². The van der Waals surface area contributed by atoms with Gasteiger partial charge in [-0.1, -0.05) is 0 Å². The van der Waals surface area contributed by atoms with E-state index in [-0.39, 0.29) is 6.42 Å². The SMILES string of the molecule is O=C(O)CCc1nc2c([nH]1)CNC2. The molecule has 13 heavy (non-hydrogen) atoms. The molecule has 0 atom stereocenters. The lowest BCUT2D eigenvalue weighted by Gasteiger charge is -1.93. The summed E-state index contributed by atoms with van der Waals surface area (Å²) in [5, 5.41) is 11.6. The Morgan fingerprint density at radius 1 is 1.54 bits per heavy atom. The molecule has 0 spiro atoms. The maximum Gasteiger partial charge on any atom is 0.303 e. The number of nitrogens with zero attached hydrogens (tertiary/aromatic N) is 1. The zero-order valence-electron chi connectivity index (χ0n) is 7.13. The number of carbonyl (C=O) groups is 1. The fraction of sp³-hybridized carbons (Fsp3) is 0.500.